The van der Waals surface area contributed by atoms with E-state index in [4.69, 9.17) is 8.73 Å². The molecule has 2 aliphatic rings. The third kappa shape index (κ3) is 2.86. The second kappa shape index (κ2) is 6.10. The molecule has 2 aromatic carbocycles. The van der Waals surface area contributed by atoms with Gasteiger partial charge in [-0.3, -0.25) is 0 Å². The second-order valence-electron chi connectivity index (χ2n) is 3.85. The molecule has 20 heavy (non-hydrogen) atoms. The molecule has 0 N–H and O–H groups in total. The molecule has 0 aromatic heterocycles. The van der Waals surface area contributed by atoms with E-state index in [-0.39, 0.29) is 17.5 Å². The number of nitrogens with zero attached hydrogens (tertiary/aromatic N) is 2. The molecule has 0 bridgehead atoms. The summed E-state index contributed by atoms with van der Waals surface area (Å²) in [6.45, 7) is 0. The van der Waals surface area contributed by atoms with Gasteiger partial charge in [-0.15, -0.1) is 0 Å². The molecule has 2 unspecified atom stereocenters. The van der Waals surface area contributed by atoms with Crippen molar-refractivity contribution in [1.82, 2.24) is 0 Å². The maximum atomic E-state index is 4.75. The quantitative estimate of drug-likeness (QED) is 0.574. The fraction of sp³-hybridized carbons (Fsp3) is 0. The van der Waals surface area contributed by atoms with Crippen LogP contribution in [-0.4, -0.2) is 0 Å². The minimum atomic E-state index is -0.0302. The van der Waals surface area contributed by atoms with Crippen molar-refractivity contribution < 1.29 is 0 Å². The Hall–Kier alpha value is 0.140. The van der Waals surface area contributed by atoms with E-state index in [0.717, 1.165) is 11.4 Å². The van der Waals surface area contributed by atoms with E-state index in [1.807, 2.05) is 53.4 Å². The van der Waals surface area contributed by atoms with Gasteiger partial charge in [-0.1, -0.05) is 24.3 Å². The van der Waals surface area contributed by atoms with Crippen LogP contribution in [0.15, 0.2) is 67.0 Å². The van der Waals surface area contributed by atoms with Crippen molar-refractivity contribution in [2.24, 2.45) is 8.73 Å². The molecular weight excluding hydrogens is 365 g/mol. The van der Waals surface area contributed by atoms with Crippen LogP contribution in [0.1, 0.15) is 0 Å². The van der Waals surface area contributed by atoms with Gasteiger partial charge in [0.15, 0.2) is 0 Å². The summed E-state index contributed by atoms with van der Waals surface area (Å²) >= 11 is 0. The zero-order valence-electron chi connectivity index (χ0n) is 9.96. The van der Waals surface area contributed by atoms with Gasteiger partial charge in [-0.05, 0) is 45.9 Å². The van der Waals surface area contributed by atoms with E-state index in [9.17, 15) is 0 Å². The Bertz CT molecular complexity index is 679. The van der Waals surface area contributed by atoms with Crippen molar-refractivity contribution in [1.29, 1.82) is 0 Å². The fourth-order valence-corrected chi connectivity index (χ4v) is 18.2. The summed E-state index contributed by atoms with van der Waals surface area (Å²) in [5, 5.41) is 0. The van der Waals surface area contributed by atoms with E-state index >= 15 is 0 Å². The monoisotopic (exact) mass is 372 g/mol. The summed E-state index contributed by atoms with van der Waals surface area (Å²) in [6, 6.07) is 16.7. The highest BCUT2D eigenvalue weighted by Crippen LogP contribution is 2.53. The summed E-state index contributed by atoms with van der Waals surface area (Å²) in [6.07, 6.45) is 0. The Morgan fingerprint density at radius 3 is 1.60 bits per heavy atom. The van der Waals surface area contributed by atoms with Crippen LogP contribution in [-0.2, 0) is 17.5 Å². The molecular formula is C12H8N2S6. The van der Waals surface area contributed by atoms with Gasteiger partial charge in [0.05, 0.1) is 11.4 Å². The van der Waals surface area contributed by atoms with Gasteiger partial charge in [-0.2, -0.15) is 0 Å². The Kier molecular flexibility index (Phi) is 4.20. The average molecular weight is 373 g/mol. The number of hydrogen-bond acceptors (Lipinski definition) is 6. The smallest absolute Gasteiger partial charge is 0.0867 e. The van der Waals surface area contributed by atoms with Crippen LogP contribution in [0.3, 0.4) is 0 Å². The van der Waals surface area contributed by atoms with Gasteiger partial charge in [0.1, 0.15) is 0 Å². The second-order valence-corrected chi connectivity index (χ2v) is 15.9. The van der Waals surface area contributed by atoms with Crippen LogP contribution in [0.25, 0.3) is 0 Å². The first-order chi connectivity index (χ1) is 9.88. The Morgan fingerprint density at radius 1 is 0.700 bits per heavy atom. The molecule has 2 heterocycles. The fourth-order valence-electron chi connectivity index (χ4n) is 1.66. The lowest BCUT2D eigenvalue weighted by Crippen LogP contribution is -1.67. The number of benzene rings is 2. The molecule has 8 heteroatoms. The van der Waals surface area contributed by atoms with E-state index < -0.39 is 0 Å². The molecule has 2 aliphatic heterocycles. The molecule has 0 saturated carbocycles. The highest BCUT2D eigenvalue weighted by atomic mass is 33.9. The van der Waals surface area contributed by atoms with Gasteiger partial charge in [0.25, 0.3) is 0 Å². The minimum absolute atomic E-state index is 0.0302. The normalized spacial score (nSPS) is 22.8. The third-order valence-electron chi connectivity index (χ3n) is 2.54. The van der Waals surface area contributed by atoms with Gasteiger partial charge >= 0.3 is 0 Å². The number of fused-ring (bicyclic) bond motifs is 2. The molecule has 0 radical (unpaired) electrons. The van der Waals surface area contributed by atoms with Crippen LogP contribution >= 0.6 is 41.2 Å². The molecule has 102 valence electrons. The Labute approximate surface area is 136 Å². The molecule has 0 fully saturated rings. The molecule has 2 atom stereocenters. The number of hydrogen-bond donors (Lipinski definition) is 0. The first-order valence-electron chi connectivity index (χ1n) is 5.71. The van der Waals surface area contributed by atoms with Crippen LogP contribution in [0.4, 0.5) is 11.4 Å². The van der Waals surface area contributed by atoms with Crippen molar-refractivity contribution in [3.63, 3.8) is 0 Å². The molecule has 0 spiro atoms. The van der Waals surface area contributed by atoms with Crippen LogP contribution in [0.2, 0.25) is 0 Å². The molecule has 0 aliphatic carbocycles. The lowest BCUT2D eigenvalue weighted by atomic mass is 10.3. The first-order valence-corrected chi connectivity index (χ1v) is 13.9. The summed E-state index contributed by atoms with van der Waals surface area (Å²) in [5.41, 5.74) is 2.27. The van der Waals surface area contributed by atoms with Crippen LogP contribution < -0.4 is 0 Å². The van der Waals surface area contributed by atoms with Crippen molar-refractivity contribution >= 4 is 70.1 Å². The SMILES string of the molecule is c1ccc2c(c1)N=S(SSS1=Nc3ccccc3S1)S2. The Morgan fingerprint density at radius 2 is 1.15 bits per heavy atom. The largest absolute Gasteiger partial charge is 0.204 e. The van der Waals surface area contributed by atoms with Gasteiger partial charge in [-0.25, -0.2) is 8.73 Å². The summed E-state index contributed by atoms with van der Waals surface area (Å²) in [4.78, 5) is 2.60. The van der Waals surface area contributed by atoms with Crippen LogP contribution in [0.5, 0.6) is 0 Å². The predicted octanol–water partition coefficient (Wildman–Crippen LogP) is 6.51. The summed E-state index contributed by atoms with van der Waals surface area (Å²) < 4.78 is 9.50. The lowest BCUT2D eigenvalue weighted by molar-refractivity contribution is 1.42. The third-order valence-corrected chi connectivity index (χ3v) is 16.9. The highest BCUT2D eigenvalue weighted by molar-refractivity contribution is 9.36. The predicted molar refractivity (Wildman–Crippen MR) is 98.7 cm³/mol. The maximum absolute atomic E-state index is 4.75. The van der Waals surface area contributed by atoms with Crippen molar-refractivity contribution in [3.05, 3.63) is 48.5 Å². The lowest BCUT2D eigenvalue weighted by Gasteiger charge is -1.99. The summed E-state index contributed by atoms with van der Waals surface area (Å²) in [7, 11) is 7.35. The van der Waals surface area contributed by atoms with Gasteiger partial charge < -0.3 is 0 Å². The average Bonchev–Trinajstić information content (AvgIpc) is 3.07. The van der Waals surface area contributed by atoms with E-state index in [0.29, 0.717) is 0 Å². The molecule has 2 nitrogen and oxygen atoms in total. The maximum Gasteiger partial charge on any atom is 0.0867 e. The summed E-state index contributed by atoms with van der Waals surface area (Å²) in [5.74, 6) is 0. The van der Waals surface area contributed by atoms with Crippen molar-refractivity contribution in [3.8, 4) is 0 Å². The zero-order chi connectivity index (χ0) is 13.4. The van der Waals surface area contributed by atoms with Crippen molar-refractivity contribution in [2.75, 3.05) is 0 Å². The molecule has 0 saturated heterocycles. The minimum Gasteiger partial charge on any atom is -0.204 e. The molecule has 2 aromatic rings. The van der Waals surface area contributed by atoms with Gasteiger partial charge in [0.2, 0.25) is 0 Å². The first kappa shape index (κ1) is 13.8. The van der Waals surface area contributed by atoms with Crippen molar-refractivity contribution in [2.45, 2.75) is 9.79 Å². The molecule has 0 amide bonds. The molecule has 4 rings (SSSR count). The van der Waals surface area contributed by atoms with E-state index in [2.05, 4.69) is 36.4 Å². The zero-order valence-corrected chi connectivity index (χ0v) is 14.9. The standard InChI is InChI=1S/C12H8N2S6/c1-3-7-11-9(5-1)13-19(15-11)17-18-20-14-10-6-2-4-8-12(10)16-20/h1-8H. The Balaban J connectivity index is 1.42. The van der Waals surface area contributed by atoms with Crippen LogP contribution in [0, 0.1) is 0 Å². The van der Waals surface area contributed by atoms with Gasteiger partial charge in [0, 0.05) is 47.0 Å². The van der Waals surface area contributed by atoms with E-state index in [1.54, 1.807) is 0 Å². The highest BCUT2D eigenvalue weighted by Gasteiger charge is 2.19. The topological polar surface area (TPSA) is 24.7 Å². The van der Waals surface area contributed by atoms with E-state index in [1.165, 1.54) is 9.79 Å². The number of rotatable bonds is 3.